The van der Waals surface area contributed by atoms with Crippen LogP contribution in [0.5, 0.6) is 0 Å². The summed E-state index contributed by atoms with van der Waals surface area (Å²) < 4.78 is 13.5. The van der Waals surface area contributed by atoms with Crippen molar-refractivity contribution in [3.05, 3.63) is 46.5 Å². The minimum Gasteiger partial charge on any atom is -0.342 e. The van der Waals surface area contributed by atoms with Crippen LogP contribution in [0.1, 0.15) is 47.7 Å². The number of hydrogen-bond donors (Lipinski definition) is 1. The first-order valence-corrected chi connectivity index (χ1v) is 9.02. The molecule has 2 aliphatic rings. The van der Waals surface area contributed by atoms with Gasteiger partial charge in [0.2, 0.25) is 5.91 Å². The molecule has 134 valence electrons. The lowest BCUT2D eigenvalue weighted by Crippen LogP contribution is -2.35. The van der Waals surface area contributed by atoms with E-state index in [4.69, 9.17) is 5.26 Å². The van der Waals surface area contributed by atoms with E-state index in [1.165, 1.54) is 6.07 Å². The zero-order valence-corrected chi connectivity index (χ0v) is 14.4. The molecule has 1 aromatic heterocycles. The van der Waals surface area contributed by atoms with Crippen LogP contribution in [-0.2, 0) is 17.6 Å². The molecule has 1 amide bonds. The third-order valence-corrected chi connectivity index (χ3v) is 5.46. The van der Waals surface area contributed by atoms with Crippen LogP contribution >= 0.6 is 0 Å². The summed E-state index contributed by atoms with van der Waals surface area (Å²) in [6.07, 6.45) is 4.33. The lowest BCUT2D eigenvalue weighted by Gasteiger charge is -2.25. The van der Waals surface area contributed by atoms with Crippen LogP contribution in [0, 0.1) is 23.1 Å². The van der Waals surface area contributed by atoms with E-state index in [0.29, 0.717) is 12.5 Å². The van der Waals surface area contributed by atoms with Gasteiger partial charge in [0.1, 0.15) is 11.9 Å². The predicted molar refractivity (Wildman–Crippen MR) is 91.6 cm³/mol. The quantitative estimate of drug-likeness (QED) is 0.918. The number of fused-ring (bicyclic) bond motifs is 1. The molecule has 6 nitrogen and oxygen atoms in total. The number of aromatic nitrogens is 3. The van der Waals surface area contributed by atoms with Crippen molar-refractivity contribution in [1.29, 1.82) is 5.26 Å². The van der Waals surface area contributed by atoms with E-state index in [0.717, 1.165) is 55.6 Å². The first-order valence-electron chi connectivity index (χ1n) is 9.02. The molecule has 0 radical (unpaired) electrons. The normalized spacial score (nSPS) is 22.1. The Bertz CT molecular complexity index is 871. The number of halogens is 1. The summed E-state index contributed by atoms with van der Waals surface area (Å²) in [5, 5.41) is 20.0. The fourth-order valence-electron chi connectivity index (χ4n) is 4.11. The van der Waals surface area contributed by atoms with E-state index in [9.17, 15) is 9.18 Å². The number of amides is 1. The first kappa shape index (κ1) is 16.7. The van der Waals surface area contributed by atoms with Gasteiger partial charge in [-0.05, 0) is 55.7 Å². The summed E-state index contributed by atoms with van der Waals surface area (Å²) in [4.78, 5) is 14.9. The third-order valence-electron chi connectivity index (χ3n) is 5.46. The Morgan fingerprint density at radius 3 is 3.12 bits per heavy atom. The zero-order valence-electron chi connectivity index (χ0n) is 14.4. The van der Waals surface area contributed by atoms with Crippen molar-refractivity contribution in [2.45, 2.75) is 38.0 Å². The maximum atomic E-state index is 13.5. The van der Waals surface area contributed by atoms with Gasteiger partial charge in [0, 0.05) is 13.1 Å². The topological polar surface area (TPSA) is 85.7 Å². The number of nitrogens with one attached hydrogen (secondary N) is 1. The van der Waals surface area contributed by atoms with Crippen molar-refractivity contribution in [3.63, 3.8) is 0 Å². The van der Waals surface area contributed by atoms with Gasteiger partial charge in [0.25, 0.3) is 0 Å². The fourth-order valence-corrected chi connectivity index (χ4v) is 4.11. The minimum atomic E-state index is -0.486. The fraction of sp³-hybridized carbons (Fsp3) is 0.474. The number of benzene rings is 1. The van der Waals surface area contributed by atoms with E-state index in [2.05, 4.69) is 15.4 Å². The summed E-state index contributed by atoms with van der Waals surface area (Å²) in [5.41, 5.74) is 2.75. The highest BCUT2D eigenvalue weighted by molar-refractivity contribution is 5.84. The van der Waals surface area contributed by atoms with E-state index in [1.807, 2.05) is 11.0 Å². The summed E-state index contributed by atoms with van der Waals surface area (Å²) in [7, 11) is 0. The Hall–Kier alpha value is -2.75. The number of aryl methyl sites for hydroxylation is 1. The molecule has 0 saturated carbocycles. The molecular weight excluding hydrogens is 333 g/mol. The molecule has 1 saturated heterocycles. The van der Waals surface area contributed by atoms with Crippen molar-refractivity contribution < 1.29 is 9.18 Å². The SMILES string of the molecule is N#Cc1cc(CC2CCN(C(=O)C3CCCc4n[nH]nc43)C2)ccc1F. The maximum absolute atomic E-state index is 13.5. The van der Waals surface area contributed by atoms with Crippen LogP contribution in [0.25, 0.3) is 0 Å². The van der Waals surface area contributed by atoms with Crippen LogP contribution in [0.4, 0.5) is 4.39 Å². The second-order valence-electron chi connectivity index (χ2n) is 7.17. The number of carbonyl (C=O) groups is 1. The lowest BCUT2D eigenvalue weighted by atomic mass is 9.89. The van der Waals surface area contributed by atoms with Crippen LogP contribution < -0.4 is 0 Å². The lowest BCUT2D eigenvalue weighted by molar-refractivity contribution is -0.132. The molecule has 4 rings (SSSR count). The molecule has 7 heteroatoms. The molecule has 1 aliphatic carbocycles. The average Bonchev–Trinajstić information content (AvgIpc) is 3.31. The number of aromatic amines is 1. The minimum absolute atomic E-state index is 0.0780. The molecule has 1 N–H and O–H groups in total. The Kier molecular flexibility index (Phi) is 4.41. The maximum Gasteiger partial charge on any atom is 0.231 e. The summed E-state index contributed by atoms with van der Waals surface area (Å²) in [6, 6.07) is 6.57. The molecule has 0 spiro atoms. The van der Waals surface area contributed by atoms with Gasteiger partial charge in [-0.25, -0.2) is 4.39 Å². The average molecular weight is 353 g/mol. The zero-order chi connectivity index (χ0) is 18.1. The van der Waals surface area contributed by atoms with Gasteiger partial charge >= 0.3 is 0 Å². The Balaban J connectivity index is 1.41. The predicted octanol–water partition coefficient (Wildman–Crippen LogP) is 2.33. The van der Waals surface area contributed by atoms with E-state index in [-0.39, 0.29) is 17.4 Å². The van der Waals surface area contributed by atoms with Gasteiger partial charge in [-0.2, -0.15) is 20.7 Å². The van der Waals surface area contributed by atoms with Gasteiger partial charge in [0.15, 0.2) is 0 Å². The number of H-pyrrole nitrogens is 1. The largest absolute Gasteiger partial charge is 0.342 e. The van der Waals surface area contributed by atoms with Gasteiger partial charge in [0.05, 0.1) is 22.9 Å². The van der Waals surface area contributed by atoms with Gasteiger partial charge in [-0.1, -0.05) is 6.07 Å². The van der Waals surface area contributed by atoms with Crippen molar-refractivity contribution in [1.82, 2.24) is 20.3 Å². The standard InChI is InChI=1S/C19H20FN5O/c20-16-5-4-12(9-14(16)10-21)8-13-6-7-25(11-13)19(26)15-2-1-3-17-18(15)23-24-22-17/h4-5,9,13,15H,1-3,6-8,11H2,(H,22,23,24). The van der Waals surface area contributed by atoms with Crippen molar-refractivity contribution >= 4 is 5.91 Å². The monoisotopic (exact) mass is 353 g/mol. The molecule has 1 aliphatic heterocycles. The van der Waals surface area contributed by atoms with Crippen LogP contribution in [0.2, 0.25) is 0 Å². The summed E-state index contributed by atoms with van der Waals surface area (Å²) in [6.45, 7) is 1.43. The van der Waals surface area contributed by atoms with Gasteiger partial charge < -0.3 is 4.90 Å². The smallest absolute Gasteiger partial charge is 0.231 e. The molecule has 2 heterocycles. The second kappa shape index (κ2) is 6.87. The molecule has 2 unspecified atom stereocenters. The van der Waals surface area contributed by atoms with Crippen molar-refractivity contribution in [3.8, 4) is 6.07 Å². The number of rotatable bonds is 3. The Labute approximate surface area is 151 Å². The molecule has 0 bridgehead atoms. The number of hydrogen-bond acceptors (Lipinski definition) is 4. The van der Waals surface area contributed by atoms with Crippen LogP contribution in [-0.4, -0.2) is 39.3 Å². The molecule has 1 fully saturated rings. The van der Waals surface area contributed by atoms with E-state index < -0.39 is 5.82 Å². The third kappa shape index (κ3) is 3.07. The van der Waals surface area contributed by atoms with Gasteiger partial charge in [-0.3, -0.25) is 4.79 Å². The highest BCUT2D eigenvalue weighted by Gasteiger charge is 2.35. The number of nitriles is 1. The first-order chi connectivity index (χ1) is 12.7. The highest BCUT2D eigenvalue weighted by Crippen LogP contribution is 2.32. The van der Waals surface area contributed by atoms with Crippen molar-refractivity contribution in [2.24, 2.45) is 5.92 Å². The number of nitrogens with zero attached hydrogens (tertiary/aromatic N) is 4. The Morgan fingerprint density at radius 1 is 1.38 bits per heavy atom. The molecular formula is C19H20FN5O. The van der Waals surface area contributed by atoms with E-state index in [1.54, 1.807) is 12.1 Å². The molecule has 2 atom stereocenters. The molecule has 1 aromatic carbocycles. The highest BCUT2D eigenvalue weighted by atomic mass is 19.1. The molecule has 2 aromatic rings. The Morgan fingerprint density at radius 2 is 2.27 bits per heavy atom. The number of carbonyl (C=O) groups excluding carboxylic acids is 1. The van der Waals surface area contributed by atoms with Crippen LogP contribution in [0.3, 0.4) is 0 Å². The number of likely N-dealkylation sites (tertiary alicyclic amines) is 1. The van der Waals surface area contributed by atoms with Crippen molar-refractivity contribution in [2.75, 3.05) is 13.1 Å². The van der Waals surface area contributed by atoms with Crippen LogP contribution in [0.15, 0.2) is 18.2 Å². The molecule has 26 heavy (non-hydrogen) atoms. The summed E-state index contributed by atoms with van der Waals surface area (Å²) >= 11 is 0. The summed E-state index contributed by atoms with van der Waals surface area (Å²) in [5.74, 6) is -0.206. The van der Waals surface area contributed by atoms with E-state index >= 15 is 0 Å². The second-order valence-corrected chi connectivity index (χ2v) is 7.17. The van der Waals surface area contributed by atoms with Gasteiger partial charge in [-0.15, -0.1) is 0 Å².